The molecule has 0 radical (unpaired) electrons. The molecule has 108 valence electrons. The van der Waals surface area contributed by atoms with E-state index in [-0.39, 0.29) is 11.5 Å². The van der Waals surface area contributed by atoms with Crippen molar-refractivity contribution in [1.82, 2.24) is 0 Å². The molecule has 0 spiro atoms. The molecular weight excluding hydrogens is 269 g/mol. The molecule has 2 rings (SSSR count). The van der Waals surface area contributed by atoms with Gasteiger partial charge in [-0.05, 0) is 24.6 Å². The molecule has 6 heteroatoms. The van der Waals surface area contributed by atoms with E-state index >= 15 is 0 Å². The van der Waals surface area contributed by atoms with E-state index in [0.29, 0.717) is 12.1 Å². The summed E-state index contributed by atoms with van der Waals surface area (Å²) < 4.78 is 38.5. The van der Waals surface area contributed by atoms with Crippen molar-refractivity contribution in [3.8, 4) is 6.07 Å². The highest BCUT2D eigenvalue weighted by atomic mass is 19.4. The van der Waals surface area contributed by atoms with Crippen LogP contribution >= 0.6 is 0 Å². The quantitative estimate of drug-likeness (QED) is 0.877. The van der Waals surface area contributed by atoms with Gasteiger partial charge in [-0.1, -0.05) is 13.8 Å². The van der Waals surface area contributed by atoms with Crippen molar-refractivity contribution in [2.24, 2.45) is 5.41 Å². The van der Waals surface area contributed by atoms with Crippen LogP contribution < -0.4 is 5.32 Å². The van der Waals surface area contributed by atoms with Gasteiger partial charge in [0.05, 0.1) is 23.3 Å². The third-order valence-electron chi connectivity index (χ3n) is 4.00. The highest BCUT2D eigenvalue weighted by Crippen LogP contribution is 2.42. The number of benzene rings is 1. The second kappa shape index (κ2) is 4.67. The fraction of sp³-hybridized carbons (Fsp3) is 0.500. The molecule has 1 aliphatic rings. The smallest absolute Gasteiger partial charge is 0.392 e. The van der Waals surface area contributed by atoms with Gasteiger partial charge in [-0.3, -0.25) is 0 Å². The van der Waals surface area contributed by atoms with E-state index in [9.17, 15) is 18.3 Å². The molecule has 0 aliphatic heterocycles. The normalized spacial score (nSPS) is 24.6. The Morgan fingerprint density at radius 3 is 2.50 bits per heavy atom. The number of hydrogen-bond donors (Lipinski definition) is 2. The average Bonchev–Trinajstić information content (AvgIpc) is 2.37. The molecule has 1 aromatic carbocycles. The zero-order chi connectivity index (χ0) is 15.1. The lowest BCUT2D eigenvalue weighted by molar-refractivity contribution is -0.137. The number of nitriles is 1. The Morgan fingerprint density at radius 2 is 2.05 bits per heavy atom. The van der Waals surface area contributed by atoms with Crippen LogP contribution in [-0.2, 0) is 6.18 Å². The van der Waals surface area contributed by atoms with Crippen LogP contribution in [0.4, 0.5) is 18.9 Å². The van der Waals surface area contributed by atoms with Crippen molar-refractivity contribution < 1.29 is 18.3 Å². The molecule has 0 aromatic heterocycles. The molecule has 0 saturated heterocycles. The standard InChI is InChI=1S/C14H15F3N2O/c1-13(2)11(6-12(13)20)19-9-4-3-8(7-18)10(5-9)14(15,16)17/h3-5,11-12,19-20H,6H2,1-2H3. The van der Waals surface area contributed by atoms with Crippen LogP contribution in [0.1, 0.15) is 31.4 Å². The lowest BCUT2D eigenvalue weighted by atomic mass is 9.64. The van der Waals surface area contributed by atoms with Crippen LogP contribution in [0.2, 0.25) is 0 Å². The number of rotatable bonds is 2. The molecule has 1 fully saturated rings. The number of nitrogens with zero attached hydrogens (tertiary/aromatic N) is 1. The van der Waals surface area contributed by atoms with Crippen molar-refractivity contribution in [2.75, 3.05) is 5.32 Å². The molecule has 2 atom stereocenters. The maximum Gasteiger partial charge on any atom is 0.417 e. The zero-order valence-corrected chi connectivity index (χ0v) is 11.1. The molecule has 0 heterocycles. The Kier molecular flexibility index (Phi) is 3.42. The second-order valence-electron chi connectivity index (χ2n) is 5.64. The molecule has 3 nitrogen and oxygen atoms in total. The first-order valence-corrected chi connectivity index (χ1v) is 6.22. The van der Waals surface area contributed by atoms with E-state index < -0.39 is 23.4 Å². The van der Waals surface area contributed by atoms with Crippen molar-refractivity contribution in [2.45, 2.75) is 38.6 Å². The lowest BCUT2D eigenvalue weighted by Gasteiger charge is -2.49. The van der Waals surface area contributed by atoms with E-state index in [1.807, 2.05) is 13.8 Å². The first kappa shape index (κ1) is 14.7. The average molecular weight is 284 g/mol. The maximum atomic E-state index is 12.8. The highest BCUT2D eigenvalue weighted by Gasteiger charge is 2.47. The fourth-order valence-electron chi connectivity index (χ4n) is 2.31. The van der Waals surface area contributed by atoms with Crippen LogP contribution in [0, 0.1) is 16.7 Å². The fourth-order valence-corrected chi connectivity index (χ4v) is 2.31. The van der Waals surface area contributed by atoms with Gasteiger partial charge in [-0.15, -0.1) is 0 Å². The molecule has 0 bridgehead atoms. The summed E-state index contributed by atoms with van der Waals surface area (Å²) in [5, 5.41) is 21.3. The van der Waals surface area contributed by atoms with Gasteiger partial charge < -0.3 is 10.4 Å². The SMILES string of the molecule is CC1(C)C(O)CC1Nc1ccc(C#N)c(C(F)(F)F)c1. The summed E-state index contributed by atoms with van der Waals surface area (Å²) in [6.45, 7) is 3.71. The zero-order valence-electron chi connectivity index (χ0n) is 11.1. The monoisotopic (exact) mass is 284 g/mol. The van der Waals surface area contributed by atoms with Crippen molar-refractivity contribution in [3.63, 3.8) is 0 Å². The summed E-state index contributed by atoms with van der Waals surface area (Å²) >= 11 is 0. The van der Waals surface area contributed by atoms with Crippen LogP contribution in [0.3, 0.4) is 0 Å². The van der Waals surface area contributed by atoms with Gasteiger partial charge >= 0.3 is 6.18 Å². The Labute approximate surface area is 115 Å². The third kappa shape index (κ3) is 2.46. The Bertz CT molecular complexity index is 561. The van der Waals surface area contributed by atoms with Crippen LogP contribution in [-0.4, -0.2) is 17.3 Å². The Morgan fingerprint density at radius 1 is 1.40 bits per heavy atom. The molecule has 2 unspecified atom stereocenters. The molecule has 1 aromatic rings. The van der Waals surface area contributed by atoms with E-state index in [2.05, 4.69) is 5.32 Å². The largest absolute Gasteiger partial charge is 0.417 e. The second-order valence-corrected chi connectivity index (χ2v) is 5.64. The molecule has 0 amide bonds. The van der Waals surface area contributed by atoms with Gasteiger partial charge in [0.1, 0.15) is 0 Å². The van der Waals surface area contributed by atoms with E-state index in [1.165, 1.54) is 6.07 Å². The van der Waals surface area contributed by atoms with Gasteiger partial charge in [0.25, 0.3) is 0 Å². The van der Waals surface area contributed by atoms with Gasteiger partial charge in [-0.2, -0.15) is 18.4 Å². The third-order valence-corrected chi connectivity index (χ3v) is 4.00. The van der Waals surface area contributed by atoms with Crippen LogP contribution in [0.25, 0.3) is 0 Å². The minimum atomic E-state index is -4.56. The van der Waals surface area contributed by atoms with Gasteiger partial charge in [0.15, 0.2) is 0 Å². The Hall–Kier alpha value is -1.74. The summed E-state index contributed by atoms with van der Waals surface area (Å²) in [7, 11) is 0. The molecule has 1 aliphatic carbocycles. The molecule has 1 saturated carbocycles. The van der Waals surface area contributed by atoms with E-state index in [1.54, 1.807) is 6.07 Å². The first-order chi connectivity index (χ1) is 9.16. The topological polar surface area (TPSA) is 56.0 Å². The van der Waals surface area contributed by atoms with Gasteiger partial charge in [0, 0.05) is 17.1 Å². The predicted octanol–water partition coefficient (Wildman–Crippen LogP) is 3.15. The molecule has 20 heavy (non-hydrogen) atoms. The number of halogens is 3. The minimum Gasteiger partial charge on any atom is -0.392 e. The van der Waals surface area contributed by atoms with Crippen LogP contribution in [0.5, 0.6) is 0 Å². The summed E-state index contributed by atoms with van der Waals surface area (Å²) in [5.41, 5.74) is -1.41. The van der Waals surface area contributed by atoms with Crippen molar-refractivity contribution >= 4 is 5.69 Å². The number of nitrogens with one attached hydrogen (secondary N) is 1. The first-order valence-electron chi connectivity index (χ1n) is 6.22. The summed E-state index contributed by atoms with van der Waals surface area (Å²) in [5.74, 6) is 0. The number of hydrogen-bond acceptors (Lipinski definition) is 3. The summed E-state index contributed by atoms with van der Waals surface area (Å²) in [6.07, 6.45) is -4.52. The minimum absolute atomic E-state index is 0.0912. The lowest BCUT2D eigenvalue weighted by Crippen LogP contribution is -2.56. The number of aliphatic hydroxyl groups excluding tert-OH is 1. The van der Waals surface area contributed by atoms with Gasteiger partial charge in [-0.25, -0.2) is 0 Å². The van der Waals surface area contributed by atoms with Crippen LogP contribution in [0.15, 0.2) is 18.2 Å². The number of anilines is 1. The summed E-state index contributed by atoms with van der Waals surface area (Å²) in [6, 6.07) is 5.01. The van der Waals surface area contributed by atoms with Gasteiger partial charge in [0.2, 0.25) is 0 Å². The van der Waals surface area contributed by atoms with Crippen molar-refractivity contribution in [3.05, 3.63) is 29.3 Å². The predicted molar refractivity (Wildman–Crippen MR) is 68.0 cm³/mol. The Balaban J connectivity index is 2.25. The van der Waals surface area contributed by atoms with E-state index in [4.69, 9.17) is 5.26 Å². The maximum absolute atomic E-state index is 12.8. The summed E-state index contributed by atoms with van der Waals surface area (Å²) in [4.78, 5) is 0. The number of alkyl halides is 3. The highest BCUT2D eigenvalue weighted by molar-refractivity contribution is 5.54. The molecular formula is C14H15F3N2O. The number of aliphatic hydroxyl groups is 1. The van der Waals surface area contributed by atoms with Crippen molar-refractivity contribution in [1.29, 1.82) is 5.26 Å². The van der Waals surface area contributed by atoms with E-state index in [0.717, 1.165) is 12.1 Å². The molecule has 2 N–H and O–H groups in total.